The van der Waals surface area contributed by atoms with Gasteiger partial charge in [-0.25, -0.2) is 4.79 Å². The molecule has 0 saturated carbocycles. The van der Waals surface area contributed by atoms with Crippen LogP contribution in [0.4, 0.5) is 16.2 Å². The van der Waals surface area contributed by atoms with Crippen molar-refractivity contribution in [1.29, 1.82) is 0 Å². The highest BCUT2D eigenvalue weighted by Gasteiger charge is 2.28. The topological polar surface area (TPSA) is 75.7 Å². The second-order valence-electron chi connectivity index (χ2n) is 9.74. The number of hydrogen-bond acceptors (Lipinski definition) is 5. The van der Waals surface area contributed by atoms with Crippen molar-refractivity contribution >= 4 is 17.4 Å². The van der Waals surface area contributed by atoms with Gasteiger partial charge in [-0.15, -0.1) is 0 Å². The number of benzene rings is 2. The molecule has 0 aliphatic carbocycles. The third kappa shape index (κ3) is 6.73. The number of nitrogens with zero attached hydrogens (tertiary/aromatic N) is 2. The van der Waals surface area contributed by atoms with E-state index in [1.807, 2.05) is 60.7 Å². The number of nitrogens with one attached hydrogen (secondary N) is 2. The summed E-state index contributed by atoms with van der Waals surface area (Å²) in [5, 5.41) is 6.14. The van der Waals surface area contributed by atoms with Crippen LogP contribution in [0, 0.1) is 5.41 Å². The van der Waals surface area contributed by atoms with Crippen LogP contribution in [-0.2, 0) is 11.3 Å². The molecule has 0 bridgehead atoms. The molecule has 2 aromatic carbocycles. The maximum absolute atomic E-state index is 13.1. The SMILES string of the molecule is CC(C)(C)C(NC(=O)Nc1ccc(N2CCOCC2)cc1OCc1ccccc1)c1cccnc1. The Balaban J connectivity index is 1.54. The molecule has 2 N–H and O–H groups in total. The molecule has 1 saturated heterocycles. The zero-order valence-electron chi connectivity index (χ0n) is 20.7. The number of carbonyl (C=O) groups excluding carboxylic acids is 1. The molecule has 1 aliphatic rings. The number of anilines is 2. The Labute approximate surface area is 207 Å². The Bertz CT molecular complexity index is 1090. The summed E-state index contributed by atoms with van der Waals surface area (Å²) in [6.45, 7) is 9.73. The second kappa shape index (κ2) is 11.2. The maximum atomic E-state index is 13.1. The van der Waals surface area contributed by atoms with E-state index in [1.54, 1.807) is 12.4 Å². The first-order valence-corrected chi connectivity index (χ1v) is 12.0. The predicted molar refractivity (Wildman–Crippen MR) is 139 cm³/mol. The van der Waals surface area contributed by atoms with E-state index in [9.17, 15) is 4.79 Å². The van der Waals surface area contributed by atoms with E-state index in [0.717, 1.165) is 29.9 Å². The van der Waals surface area contributed by atoms with E-state index < -0.39 is 0 Å². The van der Waals surface area contributed by atoms with Crippen molar-refractivity contribution in [3.05, 3.63) is 84.2 Å². The molecular weight excluding hydrogens is 440 g/mol. The van der Waals surface area contributed by atoms with Gasteiger partial charge in [0.25, 0.3) is 0 Å². The molecule has 0 spiro atoms. The molecule has 35 heavy (non-hydrogen) atoms. The van der Waals surface area contributed by atoms with Crippen LogP contribution in [0.15, 0.2) is 73.1 Å². The number of rotatable bonds is 7. The predicted octanol–water partition coefficient (Wildman–Crippen LogP) is 5.41. The van der Waals surface area contributed by atoms with Crippen LogP contribution in [0.25, 0.3) is 0 Å². The average molecular weight is 475 g/mol. The molecule has 7 nitrogen and oxygen atoms in total. The molecule has 1 unspecified atom stereocenters. The van der Waals surface area contributed by atoms with Crippen molar-refractivity contribution < 1.29 is 14.3 Å². The highest BCUT2D eigenvalue weighted by Crippen LogP contribution is 2.34. The van der Waals surface area contributed by atoms with Gasteiger partial charge in [-0.2, -0.15) is 0 Å². The molecule has 1 atom stereocenters. The summed E-state index contributed by atoms with van der Waals surface area (Å²) < 4.78 is 11.7. The fourth-order valence-electron chi connectivity index (χ4n) is 4.12. The van der Waals surface area contributed by atoms with E-state index in [-0.39, 0.29) is 17.5 Å². The van der Waals surface area contributed by atoms with Gasteiger partial charge in [0.05, 0.1) is 24.9 Å². The standard InChI is InChI=1S/C28H34N4O3/c1-28(2,3)26(22-10-7-13-29-19-22)31-27(33)30-24-12-11-23(32-14-16-34-17-15-32)18-25(24)35-20-21-8-5-4-6-9-21/h4-13,18-19,26H,14-17,20H2,1-3H3,(H2,30,31,33). The molecule has 1 fully saturated rings. The minimum atomic E-state index is -0.294. The first-order chi connectivity index (χ1) is 16.9. The number of morpholine rings is 1. The number of amides is 2. The Hall–Kier alpha value is -3.58. The maximum Gasteiger partial charge on any atom is 0.319 e. The van der Waals surface area contributed by atoms with Crippen molar-refractivity contribution in [1.82, 2.24) is 10.3 Å². The van der Waals surface area contributed by atoms with Crippen LogP contribution >= 0.6 is 0 Å². The number of pyridine rings is 1. The third-order valence-electron chi connectivity index (χ3n) is 5.99. The van der Waals surface area contributed by atoms with Gasteiger partial charge in [0.15, 0.2) is 0 Å². The summed E-state index contributed by atoms with van der Waals surface area (Å²) in [6, 6.07) is 19.3. The largest absolute Gasteiger partial charge is 0.487 e. The lowest BCUT2D eigenvalue weighted by molar-refractivity contribution is 0.122. The Morgan fingerprint density at radius 1 is 1.09 bits per heavy atom. The van der Waals surface area contributed by atoms with Gasteiger partial charge in [0, 0.05) is 37.2 Å². The van der Waals surface area contributed by atoms with Gasteiger partial charge in [0.1, 0.15) is 12.4 Å². The van der Waals surface area contributed by atoms with E-state index in [4.69, 9.17) is 9.47 Å². The van der Waals surface area contributed by atoms with Crippen molar-refractivity contribution in [2.75, 3.05) is 36.5 Å². The zero-order chi connectivity index (χ0) is 24.7. The zero-order valence-corrected chi connectivity index (χ0v) is 20.7. The first kappa shape index (κ1) is 24.5. The van der Waals surface area contributed by atoms with Crippen molar-refractivity contribution in [2.24, 2.45) is 5.41 Å². The molecule has 7 heteroatoms. The van der Waals surface area contributed by atoms with Crippen molar-refractivity contribution in [3.63, 3.8) is 0 Å². The summed E-state index contributed by atoms with van der Waals surface area (Å²) >= 11 is 0. The van der Waals surface area contributed by atoms with E-state index in [2.05, 4.69) is 41.3 Å². The Morgan fingerprint density at radius 3 is 2.54 bits per heavy atom. The summed E-state index contributed by atoms with van der Waals surface area (Å²) in [7, 11) is 0. The lowest BCUT2D eigenvalue weighted by atomic mass is 9.83. The van der Waals surface area contributed by atoms with Crippen LogP contribution in [0.5, 0.6) is 5.75 Å². The first-order valence-electron chi connectivity index (χ1n) is 12.0. The Kier molecular flexibility index (Phi) is 7.87. The van der Waals surface area contributed by atoms with Gasteiger partial charge in [-0.05, 0) is 34.7 Å². The minimum Gasteiger partial charge on any atom is -0.487 e. The van der Waals surface area contributed by atoms with E-state index >= 15 is 0 Å². The summed E-state index contributed by atoms with van der Waals surface area (Å²) in [6.07, 6.45) is 3.53. The average Bonchev–Trinajstić information content (AvgIpc) is 2.87. The quantitative estimate of drug-likeness (QED) is 0.479. The van der Waals surface area contributed by atoms with Crippen molar-refractivity contribution in [3.8, 4) is 5.75 Å². The lowest BCUT2D eigenvalue weighted by Crippen LogP contribution is -2.39. The molecule has 1 aliphatic heterocycles. The summed E-state index contributed by atoms with van der Waals surface area (Å²) in [5.41, 5.74) is 3.48. The van der Waals surface area contributed by atoms with Gasteiger partial charge < -0.3 is 25.0 Å². The van der Waals surface area contributed by atoms with Crippen LogP contribution in [0.1, 0.15) is 37.9 Å². The molecule has 3 aromatic rings. The van der Waals surface area contributed by atoms with Gasteiger partial charge in [-0.1, -0.05) is 57.2 Å². The minimum absolute atomic E-state index is 0.201. The van der Waals surface area contributed by atoms with Crippen LogP contribution in [0.2, 0.25) is 0 Å². The number of carbonyl (C=O) groups is 1. The number of aromatic nitrogens is 1. The second-order valence-corrected chi connectivity index (χ2v) is 9.74. The Morgan fingerprint density at radius 2 is 1.86 bits per heavy atom. The number of hydrogen-bond donors (Lipinski definition) is 2. The molecule has 4 rings (SSSR count). The monoisotopic (exact) mass is 474 g/mol. The number of ether oxygens (including phenoxy) is 2. The molecule has 1 aromatic heterocycles. The smallest absolute Gasteiger partial charge is 0.319 e. The molecule has 184 valence electrons. The lowest BCUT2D eigenvalue weighted by Gasteiger charge is -2.32. The molecule has 2 heterocycles. The summed E-state index contributed by atoms with van der Waals surface area (Å²) in [5.74, 6) is 0.627. The molecule has 2 amide bonds. The number of urea groups is 1. The normalized spacial score (nSPS) is 14.8. The fraction of sp³-hybridized carbons (Fsp3) is 0.357. The highest BCUT2D eigenvalue weighted by molar-refractivity contribution is 5.91. The van der Waals surface area contributed by atoms with E-state index in [0.29, 0.717) is 31.3 Å². The van der Waals surface area contributed by atoms with E-state index in [1.165, 1.54) is 0 Å². The van der Waals surface area contributed by atoms with Crippen LogP contribution in [-0.4, -0.2) is 37.3 Å². The molecular formula is C28H34N4O3. The fourth-order valence-corrected chi connectivity index (χ4v) is 4.12. The van der Waals surface area contributed by atoms with Crippen LogP contribution in [0.3, 0.4) is 0 Å². The highest BCUT2D eigenvalue weighted by atomic mass is 16.5. The third-order valence-corrected chi connectivity index (χ3v) is 5.99. The molecule has 0 radical (unpaired) electrons. The van der Waals surface area contributed by atoms with Gasteiger partial charge in [-0.3, -0.25) is 4.98 Å². The van der Waals surface area contributed by atoms with Gasteiger partial charge in [0.2, 0.25) is 0 Å². The van der Waals surface area contributed by atoms with Gasteiger partial charge >= 0.3 is 6.03 Å². The van der Waals surface area contributed by atoms with Crippen LogP contribution < -0.4 is 20.3 Å². The van der Waals surface area contributed by atoms with Crippen molar-refractivity contribution in [2.45, 2.75) is 33.4 Å². The summed E-state index contributed by atoms with van der Waals surface area (Å²) in [4.78, 5) is 19.6.